The predicted octanol–water partition coefficient (Wildman–Crippen LogP) is 5.28. The summed E-state index contributed by atoms with van der Waals surface area (Å²) in [4.78, 5) is 4.73. The van der Waals surface area contributed by atoms with Crippen LogP contribution in [-0.2, 0) is 6.42 Å². The Morgan fingerprint density at radius 1 is 1.08 bits per heavy atom. The fourth-order valence-electron chi connectivity index (χ4n) is 2.85. The molecule has 0 spiro atoms. The minimum atomic E-state index is 0.689. The third-order valence-electron chi connectivity index (χ3n) is 4.19. The van der Waals surface area contributed by atoms with E-state index in [-0.39, 0.29) is 0 Å². The van der Waals surface area contributed by atoms with Crippen molar-refractivity contribution in [2.24, 2.45) is 0 Å². The molecule has 1 aliphatic rings. The van der Waals surface area contributed by atoms with Gasteiger partial charge in [0.25, 0.3) is 0 Å². The number of hydrogen-bond acceptors (Lipinski definition) is 5. The number of hydrogen-bond donors (Lipinski definition) is 1. The molecule has 0 radical (unpaired) electrons. The lowest BCUT2D eigenvalue weighted by Crippen LogP contribution is -1.97. The lowest BCUT2D eigenvalue weighted by molar-refractivity contribution is 0.297. The van der Waals surface area contributed by atoms with Gasteiger partial charge < -0.3 is 14.8 Å². The Kier molecular flexibility index (Phi) is 4.57. The molecule has 1 aromatic heterocycles. The second-order valence-electron chi connectivity index (χ2n) is 5.89. The molecule has 128 valence electrons. The molecule has 1 aliphatic heterocycles. The van der Waals surface area contributed by atoms with Gasteiger partial charge in [-0.15, -0.1) is 11.3 Å². The monoisotopic (exact) mass is 352 g/mol. The number of para-hydroxylation sites is 1. The topological polar surface area (TPSA) is 43.4 Å². The van der Waals surface area contributed by atoms with Crippen LogP contribution in [0.1, 0.15) is 18.9 Å². The van der Waals surface area contributed by atoms with Crippen LogP contribution in [0.2, 0.25) is 0 Å². The van der Waals surface area contributed by atoms with Crippen LogP contribution in [0.5, 0.6) is 11.5 Å². The molecule has 0 fully saturated rings. The average Bonchev–Trinajstić information content (AvgIpc) is 2.98. The first-order valence-corrected chi connectivity index (χ1v) is 9.42. The van der Waals surface area contributed by atoms with Gasteiger partial charge in [-0.1, -0.05) is 25.1 Å². The maximum Gasteiger partial charge on any atom is 0.187 e. The first-order chi connectivity index (χ1) is 12.3. The zero-order valence-electron chi connectivity index (χ0n) is 14.1. The van der Waals surface area contributed by atoms with E-state index in [4.69, 9.17) is 14.5 Å². The van der Waals surface area contributed by atoms with Crippen molar-refractivity contribution in [3.05, 3.63) is 53.4 Å². The van der Waals surface area contributed by atoms with Gasteiger partial charge in [0.05, 0.1) is 18.9 Å². The number of aromatic nitrogens is 1. The maximum atomic E-state index is 5.78. The highest BCUT2D eigenvalue weighted by atomic mass is 32.1. The Balaban J connectivity index is 1.58. The Bertz CT molecular complexity index is 876. The van der Waals surface area contributed by atoms with Crippen LogP contribution < -0.4 is 14.8 Å². The number of aryl methyl sites for hydroxylation is 1. The van der Waals surface area contributed by atoms with Crippen molar-refractivity contribution in [1.82, 2.24) is 4.98 Å². The van der Waals surface area contributed by atoms with Crippen LogP contribution in [0, 0.1) is 0 Å². The standard InChI is InChI=1S/C20H20N2O2S/c1-2-14-6-3-4-7-16(14)21-20-22-17(13-25-20)15-8-9-18-19(12-15)24-11-5-10-23-18/h3-4,6-9,12-13H,2,5,10-11H2,1H3,(H,21,22). The molecule has 5 heteroatoms. The Hall–Kier alpha value is -2.53. The summed E-state index contributed by atoms with van der Waals surface area (Å²) < 4.78 is 11.5. The van der Waals surface area contributed by atoms with E-state index < -0.39 is 0 Å². The van der Waals surface area contributed by atoms with Crippen LogP contribution >= 0.6 is 11.3 Å². The van der Waals surface area contributed by atoms with Gasteiger partial charge in [-0.2, -0.15) is 0 Å². The van der Waals surface area contributed by atoms with Crippen molar-refractivity contribution in [1.29, 1.82) is 0 Å². The summed E-state index contributed by atoms with van der Waals surface area (Å²) in [6.45, 7) is 3.55. The van der Waals surface area contributed by atoms with Gasteiger partial charge in [-0.3, -0.25) is 0 Å². The van der Waals surface area contributed by atoms with E-state index in [2.05, 4.69) is 35.8 Å². The number of nitrogens with one attached hydrogen (secondary N) is 1. The van der Waals surface area contributed by atoms with Crippen molar-refractivity contribution in [2.75, 3.05) is 18.5 Å². The zero-order valence-corrected chi connectivity index (χ0v) is 14.9. The second-order valence-corrected chi connectivity index (χ2v) is 6.74. The van der Waals surface area contributed by atoms with Crippen LogP contribution in [0.3, 0.4) is 0 Å². The number of fused-ring (bicyclic) bond motifs is 1. The summed E-state index contributed by atoms with van der Waals surface area (Å²) >= 11 is 1.61. The van der Waals surface area contributed by atoms with Crippen LogP contribution in [0.25, 0.3) is 11.3 Å². The van der Waals surface area contributed by atoms with E-state index in [1.165, 1.54) is 5.56 Å². The third-order valence-corrected chi connectivity index (χ3v) is 4.95. The summed E-state index contributed by atoms with van der Waals surface area (Å²) in [6, 6.07) is 14.4. The molecule has 4 nitrogen and oxygen atoms in total. The largest absolute Gasteiger partial charge is 0.490 e. The summed E-state index contributed by atoms with van der Waals surface area (Å²) in [5.41, 5.74) is 4.38. The molecule has 0 unspecified atom stereocenters. The van der Waals surface area contributed by atoms with Gasteiger partial charge in [0.15, 0.2) is 16.6 Å². The molecule has 4 rings (SSSR count). The zero-order chi connectivity index (χ0) is 17.1. The number of benzene rings is 2. The minimum Gasteiger partial charge on any atom is -0.490 e. The molecule has 0 atom stereocenters. The normalized spacial score (nSPS) is 13.3. The van der Waals surface area contributed by atoms with Crippen LogP contribution in [0.15, 0.2) is 47.8 Å². The average molecular weight is 352 g/mol. The highest BCUT2D eigenvalue weighted by Crippen LogP contribution is 2.35. The van der Waals surface area contributed by atoms with Crippen molar-refractivity contribution in [2.45, 2.75) is 19.8 Å². The molecule has 1 N–H and O–H groups in total. The van der Waals surface area contributed by atoms with E-state index in [1.807, 2.05) is 24.3 Å². The number of ether oxygens (including phenoxy) is 2. The molecule has 2 aromatic carbocycles. The first-order valence-electron chi connectivity index (χ1n) is 8.54. The molecule has 2 heterocycles. The van der Waals surface area contributed by atoms with Gasteiger partial charge in [0, 0.05) is 23.1 Å². The third kappa shape index (κ3) is 3.46. The predicted molar refractivity (Wildman–Crippen MR) is 102 cm³/mol. The molecular weight excluding hydrogens is 332 g/mol. The fraction of sp³-hybridized carbons (Fsp3) is 0.250. The maximum absolute atomic E-state index is 5.78. The minimum absolute atomic E-state index is 0.689. The van der Waals surface area contributed by atoms with E-state index in [0.717, 1.165) is 46.4 Å². The molecule has 0 amide bonds. The number of nitrogens with zero attached hydrogens (tertiary/aromatic N) is 1. The summed E-state index contributed by atoms with van der Waals surface area (Å²) in [5, 5.41) is 6.39. The Morgan fingerprint density at radius 2 is 1.92 bits per heavy atom. The van der Waals surface area contributed by atoms with Crippen LogP contribution in [-0.4, -0.2) is 18.2 Å². The number of thiazole rings is 1. The van der Waals surface area contributed by atoms with E-state index in [0.29, 0.717) is 13.2 Å². The summed E-state index contributed by atoms with van der Waals surface area (Å²) in [6.07, 6.45) is 1.90. The number of rotatable bonds is 4. The van der Waals surface area contributed by atoms with Crippen molar-refractivity contribution in [3.63, 3.8) is 0 Å². The first kappa shape index (κ1) is 16.0. The lowest BCUT2D eigenvalue weighted by atomic mass is 10.1. The smallest absolute Gasteiger partial charge is 0.187 e. The van der Waals surface area contributed by atoms with E-state index in [1.54, 1.807) is 11.3 Å². The molecule has 0 bridgehead atoms. The van der Waals surface area contributed by atoms with E-state index >= 15 is 0 Å². The second kappa shape index (κ2) is 7.15. The lowest BCUT2D eigenvalue weighted by Gasteiger charge is -2.09. The SMILES string of the molecule is CCc1ccccc1Nc1nc(-c2ccc3c(c2)OCCCO3)cs1. The fourth-order valence-corrected chi connectivity index (χ4v) is 3.58. The van der Waals surface area contributed by atoms with Gasteiger partial charge in [-0.25, -0.2) is 4.98 Å². The molecule has 0 saturated carbocycles. The highest BCUT2D eigenvalue weighted by Gasteiger charge is 2.13. The molecule has 0 saturated heterocycles. The summed E-state index contributed by atoms with van der Waals surface area (Å²) in [5.74, 6) is 1.61. The van der Waals surface area contributed by atoms with Gasteiger partial charge in [0.2, 0.25) is 0 Å². The van der Waals surface area contributed by atoms with Crippen molar-refractivity contribution >= 4 is 22.2 Å². The van der Waals surface area contributed by atoms with Gasteiger partial charge >= 0.3 is 0 Å². The molecular formula is C20H20N2O2S. The van der Waals surface area contributed by atoms with E-state index in [9.17, 15) is 0 Å². The summed E-state index contributed by atoms with van der Waals surface area (Å²) in [7, 11) is 0. The van der Waals surface area contributed by atoms with Crippen LogP contribution in [0.4, 0.5) is 10.8 Å². The molecule has 25 heavy (non-hydrogen) atoms. The van der Waals surface area contributed by atoms with Crippen molar-refractivity contribution < 1.29 is 9.47 Å². The molecule has 3 aromatic rings. The Labute approximate surface area is 151 Å². The Morgan fingerprint density at radius 3 is 2.80 bits per heavy atom. The number of anilines is 2. The van der Waals surface area contributed by atoms with Gasteiger partial charge in [0.1, 0.15) is 0 Å². The quantitative estimate of drug-likeness (QED) is 0.694. The van der Waals surface area contributed by atoms with Gasteiger partial charge in [-0.05, 0) is 36.2 Å². The highest BCUT2D eigenvalue weighted by molar-refractivity contribution is 7.14. The molecule has 0 aliphatic carbocycles. The van der Waals surface area contributed by atoms with Crippen molar-refractivity contribution in [3.8, 4) is 22.8 Å².